The summed E-state index contributed by atoms with van der Waals surface area (Å²) in [5.74, 6) is -0.649. The molecule has 2 heterocycles. The van der Waals surface area contributed by atoms with Gasteiger partial charge in [0.1, 0.15) is 0 Å². The fourth-order valence-corrected chi connectivity index (χ4v) is 2.34. The molecule has 27 heavy (non-hydrogen) atoms. The fourth-order valence-electron chi connectivity index (χ4n) is 1.98. The van der Waals surface area contributed by atoms with Crippen LogP contribution in [-0.2, 0) is 10.1 Å². The molecule has 2 aromatic rings. The molecule has 2 rings (SSSR count). The Bertz CT molecular complexity index is 982. The van der Waals surface area contributed by atoms with Gasteiger partial charge in [0, 0.05) is 20.1 Å². The van der Waals surface area contributed by atoms with Crippen LogP contribution in [0, 0.1) is 6.92 Å². The van der Waals surface area contributed by atoms with Gasteiger partial charge in [-0.3, -0.25) is 14.4 Å². The third kappa shape index (κ3) is 5.53. The summed E-state index contributed by atoms with van der Waals surface area (Å²) in [6.45, 7) is 1.41. The number of aliphatic hydroxyl groups is 1. The summed E-state index contributed by atoms with van der Waals surface area (Å²) in [4.78, 5) is 24.6. The summed E-state index contributed by atoms with van der Waals surface area (Å²) in [5, 5.41) is 24.4. The molecule has 0 fully saturated rings. The number of aryl methyl sites for hydroxylation is 1. The molecular formula is C12H19N9O5S. The van der Waals surface area contributed by atoms with Crippen molar-refractivity contribution in [1.29, 1.82) is 0 Å². The van der Waals surface area contributed by atoms with Crippen LogP contribution in [0.15, 0.2) is 15.0 Å². The lowest BCUT2D eigenvalue weighted by atomic mass is 10.4. The lowest BCUT2D eigenvalue weighted by Gasteiger charge is -2.09. The molecule has 2 aromatic heterocycles. The highest BCUT2D eigenvalue weighted by Crippen LogP contribution is 2.14. The van der Waals surface area contributed by atoms with E-state index in [1.54, 1.807) is 6.92 Å². The minimum absolute atomic E-state index is 0.0399. The van der Waals surface area contributed by atoms with Crippen LogP contribution in [0.5, 0.6) is 0 Å². The lowest BCUT2D eigenvalue weighted by Crippen LogP contribution is -2.22. The molecule has 5 N–H and O–H groups in total. The van der Waals surface area contributed by atoms with E-state index in [0.717, 1.165) is 4.68 Å². The Morgan fingerprint density at radius 2 is 1.81 bits per heavy atom. The summed E-state index contributed by atoms with van der Waals surface area (Å²) in [6.07, 6.45) is 0. The minimum atomic E-state index is -4.16. The van der Waals surface area contributed by atoms with Gasteiger partial charge >= 0.3 is 5.56 Å². The van der Waals surface area contributed by atoms with E-state index in [-0.39, 0.29) is 43.2 Å². The van der Waals surface area contributed by atoms with Crippen LogP contribution in [-0.4, -0.2) is 75.3 Å². The van der Waals surface area contributed by atoms with E-state index in [1.807, 2.05) is 0 Å². The van der Waals surface area contributed by atoms with Crippen molar-refractivity contribution in [3.8, 4) is 5.95 Å². The van der Waals surface area contributed by atoms with E-state index < -0.39 is 21.4 Å². The highest BCUT2D eigenvalue weighted by Gasteiger charge is 2.16. The molecule has 0 saturated heterocycles. The topological polar surface area (TPSA) is 200 Å². The fraction of sp³-hybridized carbons (Fsp3) is 0.500. The van der Waals surface area contributed by atoms with Crippen LogP contribution in [0.2, 0.25) is 0 Å². The number of H-pyrrole nitrogens is 1. The maximum atomic E-state index is 12.4. The van der Waals surface area contributed by atoms with Crippen molar-refractivity contribution in [3.63, 3.8) is 0 Å². The molecule has 0 aliphatic heterocycles. The van der Waals surface area contributed by atoms with Crippen molar-refractivity contribution >= 4 is 27.7 Å². The first-order valence-electron chi connectivity index (χ1n) is 7.67. The first kappa shape index (κ1) is 20.4. The van der Waals surface area contributed by atoms with Crippen LogP contribution in [0.25, 0.3) is 5.95 Å². The summed E-state index contributed by atoms with van der Waals surface area (Å²) in [5.41, 5.74) is -0.0123. The molecule has 0 unspecified atom stereocenters. The van der Waals surface area contributed by atoms with Gasteiger partial charge in [0.15, 0.2) is 5.69 Å². The highest BCUT2D eigenvalue weighted by molar-refractivity contribution is 7.85. The first-order chi connectivity index (χ1) is 12.7. The second-order valence-corrected chi connectivity index (χ2v) is 6.74. The van der Waals surface area contributed by atoms with Crippen molar-refractivity contribution in [2.75, 3.05) is 43.1 Å². The third-order valence-electron chi connectivity index (χ3n) is 3.10. The molecule has 0 spiro atoms. The van der Waals surface area contributed by atoms with Crippen molar-refractivity contribution in [3.05, 3.63) is 16.0 Å². The van der Waals surface area contributed by atoms with Gasteiger partial charge in [0.2, 0.25) is 11.9 Å². The Balaban J connectivity index is 2.41. The largest absolute Gasteiger partial charge is 0.395 e. The van der Waals surface area contributed by atoms with Gasteiger partial charge in [0.05, 0.1) is 18.1 Å². The maximum absolute atomic E-state index is 12.4. The number of aromatic amines is 1. The number of azo groups is 1. The number of nitrogens with zero attached hydrogens (tertiary/aromatic N) is 6. The monoisotopic (exact) mass is 401 g/mol. The molecular weight excluding hydrogens is 382 g/mol. The summed E-state index contributed by atoms with van der Waals surface area (Å²) in [6, 6.07) is 0. The maximum Gasteiger partial charge on any atom is 0.301 e. The number of rotatable bonds is 9. The van der Waals surface area contributed by atoms with Crippen molar-refractivity contribution in [2.24, 2.45) is 10.2 Å². The minimum Gasteiger partial charge on any atom is -0.395 e. The average Bonchev–Trinajstić information content (AvgIpc) is 2.87. The predicted octanol–water partition coefficient (Wildman–Crippen LogP) is -0.924. The molecule has 0 aliphatic carbocycles. The lowest BCUT2D eigenvalue weighted by molar-refractivity contribution is 0.310. The Hall–Kier alpha value is -2.91. The molecule has 0 aromatic carbocycles. The number of aliphatic hydroxyl groups excluding tert-OH is 1. The van der Waals surface area contributed by atoms with Gasteiger partial charge in [-0.25, -0.2) is 0 Å². The zero-order chi connectivity index (χ0) is 20.0. The van der Waals surface area contributed by atoms with Gasteiger partial charge in [-0.1, -0.05) is 0 Å². The molecule has 15 heteroatoms. The molecule has 0 radical (unpaired) electrons. The smallest absolute Gasteiger partial charge is 0.301 e. The number of hydrogen-bond donors (Lipinski definition) is 5. The summed E-state index contributed by atoms with van der Waals surface area (Å²) in [7, 11) is -2.74. The Labute approximate surface area is 153 Å². The van der Waals surface area contributed by atoms with E-state index in [9.17, 15) is 13.2 Å². The van der Waals surface area contributed by atoms with E-state index in [2.05, 4.69) is 40.9 Å². The van der Waals surface area contributed by atoms with E-state index in [0.29, 0.717) is 5.69 Å². The van der Waals surface area contributed by atoms with Gasteiger partial charge in [-0.05, 0) is 6.92 Å². The Morgan fingerprint density at radius 1 is 1.19 bits per heavy atom. The van der Waals surface area contributed by atoms with E-state index in [1.165, 1.54) is 7.05 Å². The molecule has 0 aliphatic rings. The summed E-state index contributed by atoms with van der Waals surface area (Å²) >= 11 is 0. The van der Waals surface area contributed by atoms with Gasteiger partial charge in [0.25, 0.3) is 16.1 Å². The van der Waals surface area contributed by atoms with E-state index in [4.69, 9.17) is 9.66 Å². The SMILES string of the molecule is CN=Nc1c(C)[nH]n(-c2nc(NCCO)nc(NCCS(=O)(=O)O)n2)c1=O. The molecule has 0 amide bonds. The number of anilines is 2. The predicted molar refractivity (Wildman–Crippen MR) is 95.4 cm³/mol. The van der Waals surface area contributed by atoms with E-state index >= 15 is 0 Å². The molecule has 0 saturated carbocycles. The van der Waals surface area contributed by atoms with Crippen molar-refractivity contribution in [1.82, 2.24) is 24.7 Å². The Kier molecular flexibility index (Phi) is 6.54. The highest BCUT2D eigenvalue weighted by atomic mass is 32.2. The normalized spacial score (nSPS) is 11.9. The van der Waals surface area contributed by atoms with Crippen LogP contribution in [0.4, 0.5) is 17.6 Å². The standard InChI is InChI=1S/C12H19N9O5S/c1-7-8(19-13-2)9(23)21(20-7)12-17-10(14-3-5-22)16-11(18-12)15-4-6-27(24,25)26/h20,22H,3-6H2,1-2H3,(H,24,25,26)(H2,14,15,16,17,18). The third-order valence-corrected chi connectivity index (χ3v) is 3.82. The second kappa shape index (κ2) is 8.65. The quantitative estimate of drug-likeness (QED) is 0.258. The van der Waals surface area contributed by atoms with Gasteiger partial charge in [-0.2, -0.15) is 33.2 Å². The number of nitrogens with one attached hydrogen (secondary N) is 3. The van der Waals surface area contributed by atoms with Gasteiger partial charge in [-0.15, -0.1) is 5.11 Å². The molecule has 14 nitrogen and oxygen atoms in total. The van der Waals surface area contributed by atoms with Crippen LogP contribution < -0.4 is 16.2 Å². The van der Waals surface area contributed by atoms with Gasteiger partial charge < -0.3 is 15.7 Å². The Morgan fingerprint density at radius 3 is 2.37 bits per heavy atom. The molecule has 148 valence electrons. The van der Waals surface area contributed by atoms with Crippen LogP contribution in [0.3, 0.4) is 0 Å². The van der Waals surface area contributed by atoms with Crippen molar-refractivity contribution < 1.29 is 18.1 Å². The zero-order valence-corrected chi connectivity index (χ0v) is 15.4. The van der Waals surface area contributed by atoms with Crippen LogP contribution >= 0.6 is 0 Å². The first-order valence-corrected chi connectivity index (χ1v) is 9.27. The van der Waals surface area contributed by atoms with Crippen molar-refractivity contribution in [2.45, 2.75) is 6.92 Å². The molecule has 0 atom stereocenters. The van der Waals surface area contributed by atoms with Crippen LogP contribution in [0.1, 0.15) is 5.69 Å². The second-order valence-electron chi connectivity index (χ2n) is 5.17. The number of aromatic nitrogens is 5. The number of hydrogen-bond acceptors (Lipinski definition) is 11. The average molecular weight is 401 g/mol. The zero-order valence-electron chi connectivity index (χ0n) is 14.5. The summed E-state index contributed by atoms with van der Waals surface area (Å²) < 4.78 is 31.4. The molecule has 0 bridgehead atoms.